The zero-order valence-corrected chi connectivity index (χ0v) is 14.6. The third kappa shape index (κ3) is 3.30. The highest BCUT2D eigenvalue weighted by Gasteiger charge is 2.10. The summed E-state index contributed by atoms with van der Waals surface area (Å²) in [6.07, 6.45) is 3.53. The summed E-state index contributed by atoms with van der Waals surface area (Å²) in [7, 11) is 0. The van der Waals surface area contributed by atoms with E-state index in [2.05, 4.69) is 39.6 Å². The van der Waals surface area contributed by atoms with Gasteiger partial charge in [-0.15, -0.1) is 0 Å². The van der Waals surface area contributed by atoms with Crippen LogP contribution in [0.25, 0.3) is 10.8 Å². The third-order valence-corrected chi connectivity index (χ3v) is 4.79. The van der Waals surface area contributed by atoms with Crippen LogP contribution in [0.2, 0.25) is 5.02 Å². The van der Waals surface area contributed by atoms with Gasteiger partial charge in [0.1, 0.15) is 11.7 Å². The van der Waals surface area contributed by atoms with Crippen molar-refractivity contribution in [3.05, 3.63) is 70.4 Å². The lowest BCUT2D eigenvalue weighted by Crippen LogP contribution is -2.19. The van der Waals surface area contributed by atoms with Gasteiger partial charge < -0.3 is 11.1 Å². The van der Waals surface area contributed by atoms with Gasteiger partial charge in [-0.2, -0.15) is 0 Å². The van der Waals surface area contributed by atoms with Crippen LogP contribution in [-0.2, 0) is 12.8 Å². The molecule has 0 amide bonds. The Morgan fingerprint density at radius 3 is 2.68 bits per heavy atom. The Morgan fingerprint density at radius 1 is 1.08 bits per heavy atom. The topological polar surface area (TPSA) is 63.3 Å². The molecule has 4 nitrogen and oxygen atoms in total. The number of aromatic nitrogens is 1. The Kier molecular flexibility index (Phi) is 4.28. The van der Waals surface area contributed by atoms with E-state index in [0.29, 0.717) is 10.8 Å². The zero-order chi connectivity index (χ0) is 17.2. The number of amidine groups is 1. The van der Waals surface area contributed by atoms with Crippen LogP contribution >= 0.6 is 11.6 Å². The van der Waals surface area contributed by atoms with Crippen molar-refractivity contribution in [2.75, 3.05) is 18.8 Å². The van der Waals surface area contributed by atoms with Crippen LogP contribution in [-0.4, -0.2) is 23.9 Å². The van der Waals surface area contributed by atoms with Crippen LogP contribution in [0, 0.1) is 0 Å². The van der Waals surface area contributed by atoms with Crippen LogP contribution in [0.3, 0.4) is 0 Å². The molecule has 0 aliphatic carbocycles. The largest absolute Gasteiger partial charge is 0.383 e. The summed E-state index contributed by atoms with van der Waals surface area (Å²) in [5.74, 6) is 1.57. The molecule has 3 N–H and O–H groups in total. The lowest BCUT2D eigenvalue weighted by Gasteiger charge is -2.10. The summed E-state index contributed by atoms with van der Waals surface area (Å²) >= 11 is 6.16. The van der Waals surface area contributed by atoms with Crippen molar-refractivity contribution in [2.24, 2.45) is 4.99 Å². The fraction of sp³-hybridized carbons (Fsp3) is 0.200. The third-order valence-electron chi connectivity index (χ3n) is 4.56. The van der Waals surface area contributed by atoms with Gasteiger partial charge in [-0.05, 0) is 35.9 Å². The maximum absolute atomic E-state index is 6.16. The Balaban J connectivity index is 1.56. The minimum Gasteiger partial charge on any atom is -0.383 e. The van der Waals surface area contributed by atoms with Gasteiger partial charge >= 0.3 is 0 Å². The van der Waals surface area contributed by atoms with E-state index in [4.69, 9.17) is 17.3 Å². The number of hydrogen-bond acceptors (Lipinski definition) is 4. The Labute approximate surface area is 151 Å². The number of nitrogen functional groups attached to an aromatic ring is 1. The molecule has 0 fully saturated rings. The molecule has 0 saturated heterocycles. The lowest BCUT2D eigenvalue weighted by molar-refractivity contribution is 0.958. The quantitative estimate of drug-likeness (QED) is 0.755. The molecule has 2 heterocycles. The standard InChI is InChI=1S/C20H19ClN4/c21-16-7-6-15-12-25-19(22)17(18(15)11-16)8-3-13-1-4-14(5-2-13)20-23-9-10-24-20/h1-2,4-7,11-12H,3,8-10H2,(H2,22,25)(H,23,24). The van der Waals surface area contributed by atoms with E-state index in [9.17, 15) is 0 Å². The summed E-state index contributed by atoms with van der Waals surface area (Å²) < 4.78 is 0. The van der Waals surface area contributed by atoms with Gasteiger partial charge in [-0.1, -0.05) is 41.9 Å². The van der Waals surface area contributed by atoms with Crippen LogP contribution in [0.1, 0.15) is 16.7 Å². The second-order valence-corrected chi connectivity index (χ2v) is 6.64. The number of nitrogens with zero attached hydrogens (tertiary/aromatic N) is 2. The molecule has 5 heteroatoms. The SMILES string of the molecule is Nc1ncc2ccc(Cl)cc2c1CCc1ccc(C2=NCCN2)cc1. The monoisotopic (exact) mass is 350 g/mol. The van der Waals surface area contributed by atoms with E-state index in [0.717, 1.165) is 53.7 Å². The van der Waals surface area contributed by atoms with Crippen LogP contribution in [0.4, 0.5) is 5.82 Å². The number of anilines is 1. The average molecular weight is 351 g/mol. The molecule has 0 spiro atoms. The van der Waals surface area contributed by atoms with Crippen molar-refractivity contribution in [3.63, 3.8) is 0 Å². The number of halogens is 1. The molecular formula is C20H19ClN4. The molecule has 0 unspecified atom stereocenters. The molecule has 1 aliphatic heterocycles. The number of pyridine rings is 1. The van der Waals surface area contributed by atoms with Gasteiger partial charge in [0.05, 0.1) is 6.54 Å². The predicted octanol–water partition coefficient (Wildman–Crippen LogP) is 3.61. The van der Waals surface area contributed by atoms with Crippen molar-refractivity contribution in [3.8, 4) is 0 Å². The zero-order valence-electron chi connectivity index (χ0n) is 13.8. The van der Waals surface area contributed by atoms with Gasteiger partial charge in [0.2, 0.25) is 0 Å². The first-order valence-electron chi connectivity index (χ1n) is 8.41. The molecule has 0 bridgehead atoms. The number of rotatable bonds is 4. The van der Waals surface area contributed by atoms with Crippen molar-refractivity contribution in [2.45, 2.75) is 12.8 Å². The van der Waals surface area contributed by atoms with E-state index in [1.54, 1.807) is 6.20 Å². The van der Waals surface area contributed by atoms with E-state index in [1.165, 1.54) is 5.56 Å². The van der Waals surface area contributed by atoms with Crippen molar-refractivity contribution in [1.29, 1.82) is 0 Å². The summed E-state index contributed by atoms with van der Waals surface area (Å²) in [6, 6.07) is 14.4. The summed E-state index contributed by atoms with van der Waals surface area (Å²) in [5.41, 5.74) is 9.59. The van der Waals surface area contributed by atoms with Crippen LogP contribution < -0.4 is 11.1 Å². The van der Waals surface area contributed by atoms with E-state index < -0.39 is 0 Å². The number of nitrogens with two attached hydrogens (primary N) is 1. The number of fused-ring (bicyclic) bond motifs is 1. The smallest absolute Gasteiger partial charge is 0.128 e. The first-order valence-corrected chi connectivity index (χ1v) is 8.79. The van der Waals surface area contributed by atoms with Gasteiger partial charge in [-0.25, -0.2) is 4.98 Å². The van der Waals surface area contributed by atoms with E-state index >= 15 is 0 Å². The molecule has 0 radical (unpaired) electrons. The lowest BCUT2D eigenvalue weighted by atomic mass is 9.99. The van der Waals surface area contributed by atoms with Gasteiger partial charge in [0.15, 0.2) is 0 Å². The number of aliphatic imine (C=N–C) groups is 1. The molecule has 3 aromatic rings. The minimum atomic E-state index is 0.580. The summed E-state index contributed by atoms with van der Waals surface area (Å²) in [4.78, 5) is 8.78. The van der Waals surface area contributed by atoms with Crippen molar-refractivity contribution < 1.29 is 0 Å². The first-order chi connectivity index (χ1) is 12.2. The maximum atomic E-state index is 6.16. The highest BCUT2D eigenvalue weighted by Crippen LogP contribution is 2.26. The molecule has 2 aromatic carbocycles. The fourth-order valence-corrected chi connectivity index (χ4v) is 3.38. The second-order valence-electron chi connectivity index (χ2n) is 6.21. The minimum absolute atomic E-state index is 0.580. The summed E-state index contributed by atoms with van der Waals surface area (Å²) in [6.45, 7) is 1.78. The van der Waals surface area contributed by atoms with Crippen molar-refractivity contribution >= 4 is 34.0 Å². The highest BCUT2D eigenvalue weighted by atomic mass is 35.5. The molecular weight excluding hydrogens is 332 g/mol. The Hall–Kier alpha value is -2.59. The molecule has 0 atom stereocenters. The molecule has 1 aromatic heterocycles. The molecule has 1 aliphatic rings. The molecule has 0 saturated carbocycles. The number of nitrogens with one attached hydrogen (secondary N) is 1. The number of hydrogen-bond donors (Lipinski definition) is 2. The molecule has 25 heavy (non-hydrogen) atoms. The van der Waals surface area contributed by atoms with E-state index in [1.807, 2.05) is 18.2 Å². The predicted molar refractivity (Wildman–Crippen MR) is 104 cm³/mol. The van der Waals surface area contributed by atoms with Crippen LogP contribution in [0.15, 0.2) is 53.7 Å². The fourth-order valence-electron chi connectivity index (χ4n) is 3.21. The first kappa shape index (κ1) is 15.9. The Bertz CT molecular complexity index is 943. The number of aryl methyl sites for hydroxylation is 2. The van der Waals surface area contributed by atoms with Gasteiger partial charge in [-0.3, -0.25) is 4.99 Å². The van der Waals surface area contributed by atoms with Gasteiger partial charge in [0.25, 0.3) is 0 Å². The summed E-state index contributed by atoms with van der Waals surface area (Å²) in [5, 5.41) is 6.16. The number of benzene rings is 2. The average Bonchev–Trinajstić information content (AvgIpc) is 3.16. The van der Waals surface area contributed by atoms with Gasteiger partial charge in [0, 0.05) is 34.3 Å². The highest BCUT2D eigenvalue weighted by molar-refractivity contribution is 6.31. The normalized spacial score (nSPS) is 13.7. The molecule has 4 rings (SSSR count). The van der Waals surface area contributed by atoms with E-state index in [-0.39, 0.29) is 0 Å². The van der Waals surface area contributed by atoms with Crippen molar-refractivity contribution in [1.82, 2.24) is 10.3 Å². The van der Waals surface area contributed by atoms with Crippen LogP contribution in [0.5, 0.6) is 0 Å². The second kappa shape index (κ2) is 6.73. The molecule has 126 valence electrons. The Morgan fingerprint density at radius 2 is 1.92 bits per heavy atom. The maximum Gasteiger partial charge on any atom is 0.128 e.